The van der Waals surface area contributed by atoms with Crippen molar-refractivity contribution in [3.63, 3.8) is 0 Å². The van der Waals surface area contributed by atoms with Crippen molar-refractivity contribution in [2.45, 2.75) is 0 Å². The standard InChI is InChI=1S/C7H8O.C4I2O2S/c1-8-7-5-3-2-4-6-7;5-1-3-9(7,8)4-2-6/h2-6H,1H3;. The molecule has 0 aliphatic heterocycles. The number of hydrogen-bond donors (Lipinski definition) is 0. The molecule has 0 atom stereocenters. The molecule has 1 aromatic carbocycles. The monoisotopic (exact) mass is 474 g/mol. The van der Waals surface area contributed by atoms with Gasteiger partial charge >= 0.3 is 0 Å². The molecule has 1 aromatic rings. The molecule has 0 aliphatic carbocycles. The minimum atomic E-state index is -3.42. The Morgan fingerprint density at radius 3 is 1.82 bits per heavy atom. The van der Waals surface area contributed by atoms with E-state index in [1.54, 1.807) is 52.3 Å². The van der Waals surface area contributed by atoms with E-state index in [1.807, 2.05) is 40.8 Å². The highest BCUT2D eigenvalue weighted by atomic mass is 127. The lowest BCUT2D eigenvalue weighted by molar-refractivity contribution is 0.415. The SMILES string of the molecule is COc1ccccc1.O=S(=O)(C#CI)C#CI. The number of benzene rings is 1. The fourth-order valence-corrected chi connectivity index (χ4v) is 2.68. The molecule has 0 aromatic heterocycles. The molecule has 0 saturated carbocycles. The average molecular weight is 474 g/mol. The molecule has 90 valence electrons. The maximum Gasteiger partial charge on any atom is 0.285 e. The topological polar surface area (TPSA) is 43.4 Å². The lowest BCUT2D eigenvalue weighted by Crippen LogP contribution is -1.87. The van der Waals surface area contributed by atoms with Gasteiger partial charge in [0, 0.05) is 45.2 Å². The van der Waals surface area contributed by atoms with Crippen molar-refractivity contribution in [2.75, 3.05) is 7.11 Å². The van der Waals surface area contributed by atoms with Crippen LogP contribution in [0.15, 0.2) is 30.3 Å². The molecule has 1 rings (SSSR count). The summed E-state index contributed by atoms with van der Waals surface area (Å²) in [5.41, 5.74) is 0. The molecular formula is C11H8I2O3S. The number of ether oxygens (including phenoxy) is 1. The Morgan fingerprint density at radius 2 is 1.53 bits per heavy atom. The summed E-state index contributed by atoms with van der Waals surface area (Å²) >= 11 is 3.28. The molecule has 0 unspecified atom stereocenters. The summed E-state index contributed by atoms with van der Waals surface area (Å²) < 4.78 is 30.3. The fraction of sp³-hybridized carbons (Fsp3) is 0.0909. The van der Waals surface area contributed by atoms with E-state index in [1.165, 1.54) is 0 Å². The van der Waals surface area contributed by atoms with E-state index >= 15 is 0 Å². The van der Waals surface area contributed by atoms with Gasteiger partial charge in [-0.15, -0.1) is 0 Å². The van der Waals surface area contributed by atoms with Crippen LogP contribution in [0.3, 0.4) is 0 Å². The van der Waals surface area contributed by atoms with Gasteiger partial charge in [-0.05, 0) is 20.0 Å². The Morgan fingerprint density at radius 1 is 1.06 bits per heavy atom. The van der Waals surface area contributed by atoms with Crippen LogP contribution in [0.5, 0.6) is 5.75 Å². The fourth-order valence-electron chi connectivity index (χ4n) is 0.684. The van der Waals surface area contributed by atoms with Gasteiger partial charge in [0.2, 0.25) is 0 Å². The van der Waals surface area contributed by atoms with E-state index in [9.17, 15) is 8.42 Å². The van der Waals surface area contributed by atoms with Crippen molar-refractivity contribution in [1.82, 2.24) is 0 Å². The number of methoxy groups -OCH3 is 1. The van der Waals surface area contributed by atoms with Crippen LogP contribution in [0.25, 0.3) is 0 Å². The third-order valence-electron chi connectivity index (χ3n) is 1.32. The Balaban J connectivity index is 0.000000302. The van der Waals surface area contributed by atoms with Crippen molar-refractivity contribution in [3.8, 4) is 24.1 Å². The Bertz CT molecular complexity index is 519. The van der Waals surface area contributed by atoms with E-state index in [2.05, 4.69) is 7.85 Å². The van der Waals surface area contributed by atoms with Gasteiger partial charge < -0.3 is 4.74 Å². The van der Waals surface area contributed by atoms with Gasteiger partial charge in [0.25, 0.3) is 9.84 Å². The third kappa shape index (κ3) is 9.27. The van der Waals surface area contributed by atoms with E-state index in [-0.39, 0.29) is 0 Å². The highest BCUT2D eigenvalue weighted by molar-refractivity contribution is 14.1. The summed E-state index contributed by atoms with van der Waals surface area (Å²) in [7, 11) is -1.76. The molecule has 0 saturated heterocycles. The van der Waals surface area contributed by atoms with Crippen molar-refractivity contribution in [2.24, 2.45) is 0 Å². The van der Waals surface area contributed by atoms with Gasteiger partial charge in [-0.1, -0.05) is 18.2 Å². The lowest BCUT2D eigenvalue weighted by atomic mass is 10.3. The summed E-state index contributed by atoms with van der Waals surface area (Å²) in [4.78, 5) is 0. The smallest absolute Gasteiger partial charge is 0.285 e. The first-order chi connectivity index (χ1) is 8.05. The normalized spacial score (nSPS) is 8.41. The Kier molecular flexibility index (Phi) is 9.31. The molecular weight excluding hydrogens is 466 g/mol. The van der Waals surface area contributed by atoms with Crippen LogP contribution in [0, 0.1) is 18.4 Å². The van der Waals surface area contributed by atoms with Crippen molar-refractivity contribution in [3.05, 3.63) is 30.3 Å². The average Bonchev–Trinajstić information content (AvgIpc) is 2.31. The molecule has 0 bridgehead atoms. The highest BCUT2D eigenvalue weighted by Crippen LogP contribution is 2.05. The summed E-state index contributed by atoms with van der Waals surface area (Å²) in [5.74, 6) is 0.910. The second kappa shape index (κ2) is 9.57. The first kappa shape index (κ1) is 16.6. The predicted octanol–water partition coefficient (Wildman–Crippen LogP) is 2.80. The molecule has 0 aliphatic rings. The number of hydrogen-bond acceptors (Lipinski definition) is 3. The molecule has 17 heavy (non-hydrogen) atoms. The number of rotatable bonds is 1. The van der Waals surface area contributed by atoms with Crippen LogP contribution >= 0.6 is 45.2 Å². The lowest BCUT2D eigenvalue weighted by Gasteiger charge is -1.93. The van der Waals surface area contributed by atoms with Gasteiger partial charge in [-0.3, -0.25) is 0 Å². The van der Waals surface area contributed by atoms with Gasteiger partial charge in [-0.25, -0.2) is 8.42 Å². The molecule has 3 nitrogen and oxygen atoms in total. The Hall–Kier alpha value is -0.450. The maximum atomic E-state index is 10.5. The van der Waals surface area contributed by atoms with Crippen LogP contribution in [0.2, 0.25) is 0 Å². The van der Waals surface area contributed by atoms with Crippen molar-refractivity contribution in [1.29, 1.82) is 0 Å². The molecule has 6 heteroatoms. The quantitative estimate of drug-likeness (QED) is 0.465. The first-order valence-electron chi connectivity index (χ1n) is 4.14. The largest absolute Gasteiger partial charge is 0.497 e. The van der Waals surface area contributed by atoms with Crippen molar-refractivity contribution < 1.29 is 13.2 Å². The minimum absolute atomic E-state index is 0.910. The van der Waals surface area contributed by atoms with E-state index in [0.717, 1.165) is 5.75 Å². The van der Waals surface area contributed by atoms with Gasteiger partial charge in [0.15, 0.2) is 0 Å². The van der Waals surface area contributed by atoms with Crippen LogP contribution in [0.1, 0.15) is 0 Å². The third-order valence-corrected chi connectivity index (χ3v) is 3.34. The van der Waals surface area contributed by atoms with Crippen LogP contribution < -0.4 is 4.74 Å². The molecule has 0 spiro atoms. The van der Waals surface area contributed by atoms with Gasteiger partial charge in [0.05, 0.1) is 17.6 Å². The molecule has 0 amide bonds. The summed E-state index contributed by atoms with van der Waals surface area (Å²) in [5, 5.41) is 3.91. The predicted molar refractivity (Wildman–Crippen MR) is 85.5 cm³/mol. The second-order valence-corrected chi connectivity index (χ2v) is 4.91. The first-order valence-corrected chi connectivity index (χ1v) is 7.78. The second-order valence-electron chi connectivity index (χ2n) is 2.41. The van der Waals surface area contributed by atoms with E-state index in [4.69, 9.17) is 4.74 Å². The minimum Gasteiger partial charge on any atom is -0.497 e. The zero-order valence-corrected chi connectivity index (χ0v) is 13.9. The maximum absolute atomic E-state index is 10.5. The summed E-state index contributed by atoms with van der Waals surface area (Å²) in [6.45, 7) is 0. The molecule has 0 heterocycles. The zero-order valence-electron chi connectivity index (χ0n) is 8.78. The number of sulfone groups is 1. The molecule has 0 radical (unpaired) electrons. The van der Waals surface area contributed by atoms with Crippen molar-refractivity contribution >= 4 is 55.0 Å². The van der Waals surface area contributed by atoms with E-state index in [0.29, 0.717) is 0 Å². The summed E-state index contributed by atoms with van der Waals surface area (Å²) in [6.07, 6.45) is 0. The number of halogens is 2. The van der Waals surface area contributed by atoms with Gasteiger partial charge in [0.1, 0.15) is 5.75 Å². The molecule has 0 fully saturated rings. The van der Waals surface area contributed by atoms with Crippen LogP contribution in [-0.4, -0.2) is 15.5 Å². The van der Waals surface area contributed by atoms with Crippen LogP contribution in [-0.2, 0) is 9.84 Å². The molecule has 0 N–H and O–H groups in total. The summed E-state index contributed by atoms with van der Waals surface area (Å²) in [6, 6.07) is 9.68. The number of para-hydroxylation sites is 1. The Labute approximate surface area is 129 Å². The zero-order chi connectivity index (χ0) is 13.1. The highest BCUT2D eigenvalue weighted by Gasteiger charge is 1.95. The van der Waals surface area contributed by atoms with Gasteiger partial charge in [-0.2, -0.15) is 0 Å². The van der Waals surface area contributed by atoms with Crippen LogP contribution in [0.4, 0.5) is 0 Å². The van der Waals surface area contributed by atoms with E-state index < -0.39 is 9.84 Å².